The number of rotatable bonds is 6. The number of aliphatic hydroxyl groups is 2. The fraction of sp³-hybridized carbons (Fsp3) is 0.364. The van der Waals surface area contributed by atoms with Gasteiger partial charge in [-0.2, -0.15) is 4.68 Å². The molecule has 0 spiro atoms. The zero-order valence-corrected chi connectivity index (χ0v) is 9.85. The number of para-hydroxylation sites is 1. The van der Waals surface area contributed by atoms with Crippen LogP contribution in [0.2, 0.25) is 0 Å². The number of anilines is 1. The van der Waals surface area contributed by atoms with Gasteiger partial charge in [-0.1, -0.05) is 23.3 Å². The van der Waals surface area contributed by atoms with Crippen molar-refractivity contribution in [3.05, 3.63) is 30.3 Å². The molecule has 0 unspecified atom stereocenters. The molecule has 2 N–H and O–H groups in total. The zero-order chi connectivity index (χ0) is 12.8. The molecule has 0 radical (unpaired) electrons. The second-order valence-corrected chi connectivity index (χ2v) is 3.66. The summed E-state index contributed by atoms with van der Waals surface area (Å²) in [6.07, 6.45) is 0. The Hall–Kier alpha value is -1.99. The monoisotopic (exact) mass is 249 g/mol. The smallest absolute Gasteiger partial charge is 0.250 e. The Morgan fingerprint density at radius 3 is 2.33 bits per heavy atom. The van der Waals surface area contributed by atoms with Crippen LogP contribution in [0.15, 0.2) is 30.3 Å². The SMILES string of the molecule is OCCN(CCO)c1nnnn1-c1ccccc1. The molecule has 1 aromatic heterocycles. The van der Waals surface area contributed by atoms with Crippen molar-refractivity contribution in [2.75, 3.05) is 31.2 Å². The van der Waals surface area contributed by atoms with Crippen LogP contribution >= 0.6 is 0 Å². The van der Waals surface area contributed by atoms with E-state index in [9.17, 15) is 0 Å². The topological polar surface area (TPSA) is 87.3 Å². The molecule has 2 aromatic rings. The molecule has 96 valence electrons. The van der Waals surface area contributed by atoms with Crippen molar-refractivity contribution in [2.45, 2.75) is 0 Å². The molecule has 0 atom stereocenters. The number of benzene rings is 1. The summed E-state index contributed by atoms with van der Waals surface area (Å²) in [5.74, 6) is 0.504. The maximum atomic E-state index is 9.02. The molecule has 1 heterocycles. The Bertz CT molecular complexity index is 467. The quantitative estimate of drug-likeness (QED) is 0.714. The third-order valence-corrected chi connectivity index (χ3v) is 2.48. The van der Waals surface area contributed by atoms with Crippen LogP contribution in [0.5, 0.6) is 0 Å². The van der Waals surface area contributed by atoms with Gasteiger partial charge in [0.15, 0.2) is 0 Å². The maximum Gasteiger partial charge on any atom is 0.250 e. The van der Waals surface area contributed by atoms with Crippen molar-refractivity contribution in [3.8, 4) is 5.69 Å². The van der Waals surface area contributed by atoms with Crippen molar-refractivity contribution in [1.29, 1.82) is 0 Å². The van der Waals surface area contributed by atoms with Crippen molar-refractivity contribution < 1.29 is 10.2 Å². The molecule has 7 heteroatoms. The van der Waals surface area contributed by atoms with Gasteiger partial charge in [0.25, 0.3) is 5.95 Å². The molecule has 0 saturated carbocycles. The molecule has 0 saturated heterocycles. The summed E-state index contributed by atoms with van der Waals surface area (Å²) in [5, 5.41) is 29.5. The van der Waals surface area contributed by atoms with Gasteiger partial charge in [0, 0.05) is 13.1 Å². The van der Waals surface area contributed by atoms with Crippen LogP contribution in [-0.4, -0.2) is 56.7 Å². The van der Waals surface area contributed by atoms with Crippen molar-refractivity contribution in [3.63, 3.8) is 0 Å². The number of aliphatic hydroxyl groups excluding tert-OH is 2. The lowest BCUT2D eigenvalue weighted by molar-refractivity contribution is 0.279. The van der Waals surface area contributed by atoms with Gasteiger partial charge >= 0.3 is 0 Å². The average molecular weight is 249 g/mol. The second-order valence-electron chi connectivity index (χ2n) is 3.66. The van der Waals surface area contributed by atoms with Gasteiger partial charge in [-0.25, -0.2) is 0 Å². The Morgan fingerprint density at radius 2 is 1.72 bits per heavy atom. The molecule has 7 nitrogen and oxygen atoms in total. The molecule has 1 aromatic carbocycles. The largest absolute Gasteiger partial charge is 0.395 e. The van der Waals surface area contributed by atoms with E-state index in [1.54, 1.807) is 9.58 Å². The van der Waals surface area contributed by atoms with Crippen LogP contribution in [0.1, 0.15) is 0 Å². The van der Waals surface area contributed by atoms with Crippen LogP contribution in [0.4, 0.5) is 5.95 Å². The van der Waals surface area contributed by atoms with Gasteiger partial charge in [0.1, 0.15) is 0 Å². The van der Waals surface area contributed by atoms with E-state index >= 15 is 0 Å². The first-order valence-corrected chi connectivity index (χ1v) is 5.67. The minimum Gasteiger partial charge on any atom is -0.395 e. The van der Waals surface area contributed by atoms with Gasteiger partial charge in [-0.05, 0) is 22.6 Å². The normalized spacial score (nSPS) is 10.6. The van der Waals surface area contributed by atoms with Crippen LogP contribution in [0, 0.1) is 0 Å². The Balaban J connectivity index is 2.31. The molecular formula is C11H15N5O2. The average Bonchev–Trinajstić information content (AvgIpc) is 2.88. The van der Waals surface area contributed by atoms with Crippen molar-refractivity contribution >= 4 is 5.95 Å². The highest BCUT2D eigenvalue weighted by Crippen LogP contribution is 2.14. The predicted molar refractivity (Wildman–Crippen MR) is 65.5 cm³/mol. The van der Waals surface area contributed by atoms with Crippen LogP contribution in [-0.2, 0) is 0 Å². The number of tetrazole rings is 1. The third-order valence-electron chi connectivity index (χ3n) is 2.48. The molecule has 0 aliphatic heterocycles. The summed E-state index contributed by atoms with van der Waals surface area (Å²) < 4.78 is 1.57. The number of aromatic nitrogens is 4. The van der Waals surface area contributed by atoms with E-state index < -0.39 is 0 Å². The first-order chi connectivity index (χ1) is 8.86. The van der Waals surface area contributed by atoms with Gasteiger partial charge < -0.3 is 15.1 Å². The lowest BCUT2D eigenvalue weighted by Gasteiger charge is -2.20. The Labute approximate surface area is 104 Å². The Kier molecular flexibility index (Phi) is 4.21. The van der Waals surface area contributed by atoms with E-state index in [4.69, 9.17) is 10.2 Å². The molecule has 0 aliphatic carbocycles. The van der Waals surface area contributed by atoms with Gasteiger partial charge in [0.05, 0.1) is 18.9 Å². The first-order valence-electron chi connectivity index (χ1n) is 5.67. The highest BCUT2D eigenvalue weighted by atomic mass is 16.3. The molecular weight excluding hydrogens is 234 g/mol. The maximum absolute atomic E-state index is 9.02. The lowest BCUT2D eigenvalue weighted by atomic mass is 10.3. The predicted octanol–water partition coefficient (Wildman–Crippen LogP) is -0.547. The standard InChI is InChI=1S/C11H15N5O2/c17-8-6-15(7-9-18)11-12-13-14-16(11)10-4-2-1-3-5-10/h1-5,17-18H,6-9H2. The highest BCUT2D eigenvalue weighted by Gasteiger charge is 2.15. The van der Waals surface area contributed by atoms with Gasteiger partial charge in [-0.3, -0.25) is 0 Å². The molecule has 0 fully saturated rings. The lowest BCUT2D eigenvalue weighted by Crippen LogP contribution is -2.32. The Morgan fingerprint density at radius 1 is 1.06 bits per heavy atom. The third kappa shape index (κ3) is 2.63. The van der Waals surface area contributed by atoms with E-state index in [0.29, 0.717) is 19.0 Å². The van der Waals surface area contributed by atoms with Crippen LogP contribution < -0.4 is 4.90 Å². The summed E-state index contributed by atoms with van der Waals surface area (Å²) >= 11 is 0. The fourth-order valence-corrected chi connectivity index (χ4v) is 1.67. The van der Waals surface area contributed by atoms with Crippen LogP contribution in [0.3, 0.4) is 0 Å². The first kappa shape index (κ1) is 12.5. The minimum atomic E-state index is -0.0261. The molecule has 2 rings (SSSR count). The second kappa shape index (κ2) is 6.08. The number of hydrogen-bond acceptors (Lipinski definition) is 6. The van der Waals surface area contributed by atoms with E-state index in [1.807, 2.05) is 30.3 Å². The molecule has 0 bridgehead atoms. The summed E-state index contributed by atoms with van der Waals surface area (Å²) in [5.41, 5.74) is 0.832. The van der Waals surface area contributed by atoms with E-state index in [-0.39, 0.29) is 13.2 Å². The summed E-state index contributed by atoms with van der Waals surface area (Å²) in [6, 6.07) is 9.46. The molecule has 18 heavy (non-hydrogen) atoms. The van der Waals surface area contributed by atoms with Crippen molar-refractivity contribution in [2.24, 2.45) is 0 Å². The molecule has 0 aliphatic rings. The van der Waals surface area contributed by atoms with E-state index in [1.165, 1.54) is 0 Å². The molecule has 0 amide bonds. The summed E-state index contributed by atoms with van der Waals surface area (Å²) in [6.45, 7) is 0.685. The van der Waals surface area contributed by atoms with Crippen LogP contribution in [0.25, 0.3) is 5.69 Å². The highest BCUT2D eigenvalue weighted by molar-refractivity contribution is 5.40. The van der Waals surface area contributed by atoms with Gasteiger partial charge in [0.2, 0.25) is 0 Å². The number of hydrogen-bond donors (Lipinski definition) is 2. The number of nitrogens with zero attached hydrogens (tertiary/aromatic N) is 5. The van der Waals surface area contributed by atoms with E-state index in [2.05, 4.69) is 15.5 Å². The zero-order valence-electron chi connectivity index (χ0n) is 9.85. The van der Waals surface area contributed by atoms with Gasteiger partial charge in [-0.15, -0.1) is 0 Å². The van der Waals surface area contributed by atoms with E-state index in [0.717, 1.165) is 5.69 Å². The fourth-order valence-electron chi connectivity index (χ4n) is 1.67. The van der Waals surface area contributed by atoms with Crippen molar-refractivity contribution in [1.82, 2.24) is 20.2 Å². The summed E-state index contributed by atoms with van der Waals surface area (Å²) in [4.78, 5) is 1.73. The minimum absolute atomic E-state index is 0.0261. The summed E-state index contributed by atoms with van der Waals surface area (Å²) in [7, 11) is 0.